The van der Waals surface area contributed by atoms with E-state index >= 15 is 0 Å². The lowest BCUT2D eigenvalue weighted by atomic mass is 9.78. The third kappa shape index (κ3) is 5.46. The van der Waals surface area contributed by atoms with Gasteiger partial charge in [0.15, 0.2) is 0 Å². The number of amides is 2. The van der Waals surface area contributed by atoms with Gasteiger partial charge in [0.2, 0.25) is 5.91 Å². The molecule has 7 nitrogen and oxygen atoms in total. The fourth-order valence-electron chi connectivity index (χ4n) is 4.96. The topological polar surface area (TPSA) is 91.6 Å². The van der Waals surface area contributed by atoms with Crippen molar-refractivity contribution in [2.75, 3.05) is 42.1 Å². The van der Waals surface area contributed by atoms with Crippen LogP contribution in [0.1, 0.15) is 56.8 Å². The molecule has 2 aliphatic heterocycles. The quantitative estimate of drug-likeness (QED) is 0.684. The molecule has 1 spiro atoms. The number of benzene rings is 1. The standard InChI is InChI=1S/C26H35N5O2/c1-25(2,3)15-23(32)31-13-6-11-26(18-31)12-14-30(17-26)22-10-9-19(16-28-22)24(33)29-21-8-5-4-7-20(21)27/h4-5,7-10,16H,6,11-15,17-18,27H2,1-3H3,(H,29,33). The van der Waals surface area contributed by atoms with E-state index in [-0.39, 0.29) is 22.6 Å². The van der Waals surface area contributed by atoms with Gasteiger partial charge >= 0.3 is 0 Å². The highest BCUT2D eigenvalue weighted by Crippen LogP contribution is 2.40. The summed E-state index contributed by atoms with van der Waals surface area (Å²) < 4.78 is 0. The van der Waals surface area contributed by atoms with Crippen LogP contribution in [0.5, 0.6) is 0 Å². The number of nitrogens with two attached hydrogens (primary N) is 1. The van der Waals surface area contributed by atoms with Gasteiger partial charge in [-0.25, -0.2) is 4.98 Å². The molecule has 176 valence electrons. The summed E-state index contributed by atoms with van der Waals surface area (Å²) in [7, 11) is 0. The number of hydrogen-bond donors (Lipinski definition) is 2. The van der Waals surface area contributed by atoms with Gasteiger partial charge in [-0.15, -0.1) is 0 Å². The van der Waals surface area contributed by atoms with Gasteiger partial charge in [0.25, 0.3) is 5.91 Å². The summed E-state index contributed by atoms with van der Waals surface area (Å²) in [5, 5.41) is 2.84. The van der Waals surface area contributed by atoms with Crippen molar-refractivity contribution in [3.8, 4) is 0 Å². The number of nitrogen functional groups attached to an aromatic ring is 1. The molecule has 2 aliphatic rings. The van der Waals surface area contributed by atoms with Crippen molar-refractivity contribution < 1.29 is 9.59 Å². The summed E-state index contributed by atoms with van der Waals surface area (Å²) in [5.74, 6) is 0.915. The molecule has 4 rings (SSSR count). The Morgan fingerprint density at radius 1 is 1.09 bits per heavy atom. The highest BCUT2D eigenvalue weighted by atomic mass is 16.2. The normalized spacial score (nSPS) is 20.8. The maximum Gasteiger partial charge on any atom is 0.257 e. The van der Waals surface area contributed by atoms with Crippen molar-refractivity contribution in [2.24, 2.45) is 10.8 Å². The van der Waals surface area contributed by atoms with E-state index in [0.29, 0.717) is 23.4 Å². The van der Waals surface area contributed by atoms with Crippen LogP contribution in [0.25, 0.3) is 0 Å². The summed E-state index contributed by atoms with van der Waals surface area (Å²) in [6, 6.07) is 10.9. The van der Waals surface area contributed by atoms with Crippen molar-refractivity contribution >= 4 is 29.0 Å². The van der Waals surface area contributed by atoms with Crippen LogP contribution in [0.3, 0.4) is 0 Å². The minimum atomic E-state index is -0.231. The Kier molecular flexibility index (Phi) is 6.32. The van der Waals surface area contributed by atoms with E-state index in [4.69, 9.17) is 5.73 Å². The molecule has 2 amide bonds. The van der Waals surface area contributed by atoms with Crippen molar-refractivity contribution in [3.05, 3.63) is 48.2 Å². The summed E-state index contributed by atoms with van der Waals surface area (Å²) >= 11 is 0. The summed E-state index contributed by atoms with van der Waals surface area (Å²) in [5.41, 5.74) is 7.67. The van der Waals surface area contributed by atoms with Crippen molar-refractivity contribution in [3.63, 3.8) is 0 Å². The minimum absolute atomic E-state index is 0.00753. The van der Waals surface area contributed by atoms with Crippen molar-refractivity contribution in [1.82, 2.24) is 9.88 Å². The van der Waals surface area contributed by atoms with E-state index < -0.39 is 0 Å². The number of para-hydroxylation sites is 2. The molecule has 2 aromatic rings. The van der Waals surface area contributed by atoms with Gasteiger partial charge < -0.3 is 20.9 Å². The molecule has 0 saturated carbocycles. The lowest BCUT2D eigenvalue weighted by Crippen LogP contribution is -2.48. The maximum atomic E-state index is 12.8. The third-order valence-electron chi connectivity index (χ3n) is 6.68. The Balaban J connectivity index is 1.38. The highest BCUT2D eigenvalue weighted by Gasteiger charge is 2.43. The fraction of sp³-hybridized carbons (Fsp3) is 0.500. The predicted molar refractivity (Wildman–Crippen MR) is 132 cm³/mol. The van der Waals surface area contributed by atoms with Crippen LogP contribution < -0.4 is 16.0 Å². The molecular weight excluding hydrogens is 414 g/mol. The maximum absolute atomic E-state index is 12.8. The third-order valence-corrected chi connectivity index (χ3v) is 6.68. The number of rotatable bonds is 4. The molecule has 1 unspecified atom stereocenters. The first-order chi connectivity index (χ1) is 15.6. The van der Waals surface area contributed by atoms with Gasteiger partial charge in [0.1, 0.15) is 5.82 Å². The van der Waals surface area contributed by atoms with Crippen LogP contribution in [0, 0.1) is 10.8 Å². The lowest BCUT2D eigenvalue weighted by molar-refractivity contribution is -0.136. The molecule has 0 radical (unpaired) electrons. The Bertz CT molecular complexity index is 1010. The number of pyridine rings is 1. The molecule has 3 N–H and O–H groups in total. The zero-order chi connectivity index (χ0) is 23.6. The van der Waals surface area contributed by atoms with Gasteiger partial charge in [0.05, 0.1) is 16.9 Å². The Labute approximate surface area is 196 Å². The molecule has 1 atom stereocenters. The molecule has 2 saturated heterocycles. The number of hydrogen-bond acceptors (Lipinski definition) is 5. The number of anilines is 3. The molecule has 1 aromatic carbocycles. The molecule has 2 fully saturated rings. The smallest absolute Gasteiger partial charge is 0.257 e. The van der Waals surface area contributed by atoms with Crippen LogP contribution in [-0.4, -0.2) is 47.9 Å². The number of likely N-dealkylation sites (tertiary alicyclic amines) is 1. The summed E-state index contributed by atoms with van der Waals surface area (Å²) in [4.78, 5) is 34.3. The number of nitrogens with one attached hydrogen (secondary N) is 1. The van der Waals surface area contributed by atoms with E-state index in [0.717, 1.165) is 51.3 Å². The SMILES string of the molecule is CC(C)(C)CC(=O)N1CCCC2(CCN(c3ccc(C(=O)Nc4ccccc4N)cn3)C2)C1. The lowest BCUT2D eigenvalue weighted by Gasteiger charge is -2.41. The van der Waals surface area contributed by atoms with E-state index in [1.807, 2.05) is 24.3 Å². The van der Waals surface area contributed by atoms with E-state index in [2.05, 4.69) is 40.9 Å². The van der Waals surface area contributed by atoms with E-state index in [1.165, 1.54) is 0 Å². The number of carbonyl (C=O) groups excluding carboxylic acids is 2. The second kappa shape index (κ2) is 9.04. The Morgan fingerprint density at radius 3 is 2.58 bits per heavy atom. The van der Waals surface area contributed by atoms with Crippen LogP contribution in [-0.2, 0) is 4.79 Å². The average Bonchev–Trinajstić information content (AvgIpc) is 3.17. The predicted octanol–water partition coefficient (Wildman–Crippen LogP) is 4.17. The van der Waals surface area contributed by atoms with Gasteiger partial charge in [-0.05, 0) is 48.9 Å². The zero-order valence-corrected chi connectivity index (χ0v) is 19.9. The van der Waals surface area contributed by atoms with Crippen LogP contribution >= 0.6 is 0 Å². The number of piperidine rings is 1. The van der Waals surface area contributed by atoms with Crippen LogP contribution in [0.2, 0.25) is 0 Å². The molecule has 7 heteroatoms. The van der Waals surface area contributed by atoms with Gasteiger partial charge in [-0.1, -0.05) is 32.9 Å². The first kappa shape index (κ1) is 23.1. The minimum Gasteiger partial charge on any atom is -0.397 e. The molecule has 0 aliphatic carbocycles. The summed E-state index contributed by atoms with van der Waals surface area (Å²) in [6.45, 7) is 9.86. The highest BCUT2D eigenvalue weighted by molar-refractivity contribution is 6.05. The first-order valence-corrected chi connectivity index (χ1v) is 11.8. The van der Waals surface area contributed by atoms with Crippen molar-refractivity contribution in [2.45, 2.75) is 46.5 Å². The Hall–Kier alpha value is -3.09. The summed E-state index contributed by atoms with van der Waals surface area (Å²) in [6.07, 6.45) is 5.46. The number of nitrogens with zero attached hydrogens (tertiary/aromatic N) is 3. The fourth-order valence-corrected chi connectivity index (χ4v) is 4.96. The van der Waals surface area contributed by atoms with E-state index in [9.17, 15) is 9.59 Å². The first-order valence-electron chi connectivity index (χ1n) is 11.8. The van der Waals surface area contributed by atoms with Crippen molar-refractivity contribution in [1.29, 1.82) is 0 Å². The number of carbonyl (C=O) groups is 2. The largest absolute Gasteiger partial charge is 0.397 e. The monoisotopic (exact) mass is 449 g/mol. The zero-order valence-electron chi connectivity index (χ0n) is 19.9. The molecule has 1 aromatic heterocycles. The number of aromatic nitrogens is 1. The molecule has 0 bridgehead atoms. The van der Waals surface area contributed by atoms with E-state index in [1.54, 1.807) is 18.3 Å². The second-order valence-electron chi connectivity index (χ2n) is 10.8. The average molecular weight is 450 g/mol. The molecule has 33 heavy (non-hydrogen) atoms. The van der Waals surface area contributed by atoms with Gasteiger partial charge in [-0.2, -0.15) is 0 Å². The van der Waals surface area contributed by atoms with Gasteiger partial charge in [-0.3, -0.25) is 9.59 Å². The van der Waals surface area contributed by atoms with Gasteiger partial charge in [0, 0.05) is 44.2 Å². The van der Waals surface area contributed by atoms with Crippen LogP contribution in [0.4, 0.5) is 17.2 Å². The molecular formula is C26H35N5O2. The van der Waals surface area contributed by atoms with Crippen LogP contribution in [0.15, 0.2) is 42.6 Å². The Morgan fingerprint density at radius 2 is 1.88 bits per heavy atom. The second-order valence-corrected chi connectivity index (χ2v) is 10.8. The molecule has 3 heterocycles.